The average molecular weight is 385 g/mol. The quantitative estimate of drug-likeness (QED) is 0.819. The van der Waals surface area contributed by atoms with Crippen molar-refractivity contribution in [2.24, 2.45) is 5.92 Å². The van der Waals surface area contributed by atoms with Gasteiger partial charge in [-0.25, -0.2) is 4.98 Å². The van der Waals surface area contributed by atoms with E-state index in [0.29, 0.717) is 23.6 Å². The molecular formula is C21H27N3O4. The summed E-state index contributed by atoms with van der Waals surface area (Å²) >= 11 is 0. The van der Waals surface area contributed by atoms with Crippen LogP contribution in [-0.4, -0.2) is 41.4 Å². The van der Waals surface area contributed by atoms with Crippen LogP contribution in [0.4, 0.5) is 5.69 Å². The molecule has 0 saturated carbocycles. The van der Waals surface area contributed by atoms with Crippen molar-refractivity contribution in [1.82, 2.24) is 9.88 Å². The second-order valence-corrected chi connectivity index (χ2v) is 7.37. The van der Waals surface area contributed by atoms with Gasteiger partial charge in [0.2, 0.25) is 11.8 Å². The van der Waals surface area contributed by atoms with Crippen molar-refractivity contribution in [3.8, 4) is 17.1 Å². The number of benzene rings is 1. The van der Waals surface area contributed by atoms with Crippen LogP contribution >= 0.6 is 0 Å². The monoisotopic (exact) mass is 385 g/mol. The number of nitrogens with zero attached hydrogens (tertiary/aromatic N) is 2. The van der Waals surface area contributed by atoms with Gasteiger partial charge in [0.05, 0.1) is 18.9 Å². The summed E-state index contributed by atoms with van der Waals surface area (Å²) in [5.41, 5.74) is 1.40. The number of nitrogens with one attached hydrogen (secondary N) is 1. The van der Waals surface area contributed by atoms with Crippen LogP contribution in [0.2, 0.25) is 0 Å². The number of carbonyl (C=O) groups excluding carboxylic acids is 2. The molecule has 2 aromatic rings. The first-order chi connectivity index (χ1) is 13.5. The Hall–Kier alpha value is -2.83. The minimum atomic E-state index is -0.108. The van der Waals surface area contributed by atoms with E-state index in [-0.39, 0.29) is 23.8 Å². The lowest BCUT2D eigenvalue weighted by Gasteiger charge is -2.36. The predicted octanol–water partition coefficient (Wildman–Crippen LogP) is 3.72. The zero-order chi connectivity index (χ0) is 20.1. The molecule has 1 unspecified atom stereocenters. The molecule has 1 N–H and O–H groups in total. The van der Waals surface area contributed by atoms with Gasteiger partial charge in [0.25, 0.3) is 0 Å². The summed E-state index contributed by atoms with van der Waals surface area (Å²) in [6.45, 7) is 4.53. The highest BCUT2D eigenvalue weighted by atomic mass is 16.5. The van der Waals surface area contributed by atoms with E-state index >= 15 is 0 Å². The molecule has 0 radical (unpaired) electrons. The first-order valence-corrected chi connectivity index (χ1v) is 9.67. The molecule has 1 aromatic carbocycles. The maximum Gasteiger partial charge on any atom is 0.226 e. The number of methoxy groups -OCH3 is 1. The van der Waals surface area contributed by atoms with Crippen molar-refractivity contribution >= 4 is 17.5 Å². The van der Waals surface area contributed by atoms with Gasteiger partial charge >= 0.3 is 0 Å². The number of oxazole rings is 1. The summed E-state index contributed by atoms with van der Waals surface area (Å²) in [6, 6.07) is 5.34. The number of piperidine rings is 1. The number of hydrogen-bond acceptors (Lipinski definition) is 5. The van der Waals surface area contributed by atoms with E-state index in [1.54, 1.807) is 25.4 Å². The van der Waals surface area contributed by atoms with E-state index < -0.39 is 0 Å². The Morgan fingerprint density at radius 3 is 2.86 bits per heavy atom. The molecule has 2 heterocycles. The number of ether oxygens (including phenoxy) is 1. The Morgan fingerprint density at radius 1 is 1.36 bits per heavy atom. The van der Waals surface area contributed by atoms with Gasteiger partial charge in [-0.05, 0) is 31.4 Å². The third-order valence-electron chi connectivity index (χ3n) is 5.01. The molecule has 3 rings (SSSR count). The largest absolute Gasteiger partial charge is 0.496 e. The van der Waals surface area contributed by atoms with E-state index in [1.165, 1.54) is 6.39 Å². The number of aromatic nitrogens is 1. The topological polar surface area (TPSA) is 84.7 Å². The molecule has 28 heavy (non-hydrogen) atoms. The minimum absolute atomic E-state index is 0.0426. The van der Waals surface area contributed by atoms with Crippen LogP contribution in [0.25, 0.3) is 11.3 Å². The maximum absolute atomic E-state index is 12.6. The SMILES string of the molecule is COc1cc(NC(=O)CC2CCCCN2C(=O)C(C)C)ccc1-c1cnco1. The zero-order valence-corrected chi connectivity index (χ0v) is 16.6. The van der Waals surface area contributed by atoms with Crippen molar-refractivity contribution in [2.75, 3.05) is 19.0 Å². The highest BCUT2D eigenvalue weighted by Crippen LogP contribution is 2.32. The van der Waals surface area contributed by atoms with Crippen LogP contribution in [0.3, 0.4) is 0 Å². The lowest BCUT2D eigenvalue weighted by atomic mass is 9.97. The molecule has 7 heteroatoms. The van der Waals surface area contributed by atoms with Gasteiger partial charge in [0.1, 0.15) is 5.75 Å². The zero-order valence-electron chi connectivity index (χ0n) is 16.6. The van der Waals surface area contributed by atoms with Gasteiger partial charge in [0, 0.05) is 36.7 Å². The summed E-state index contributed by atoms with van der Waals surface area (Å²) in [5.74, 6) is 1.14. The molecule has 0 aliphatic carbocycles. The second kappa shape index (κ2) is 8.91. The third-order valence-corrected chi connectivity index (χ3v) is 5.01. The fourth-order valence-corrected chi connectivity index (χ4v) is 3.58. The van der Waals surface area contributed by atoms with Gasteiger partial charge in [-0.15, -0.1) is 0 Å². The predicted molar refractivity (Wildman–Crippen MR) is 106 cm³/mol. The van der Waals surface area contributed by atoms with Gasteiger partial charge in [0.15, 0.2) is 12.2 Å². The van der Waals surface area contributed by atoms with E-state index in [0.717, 1.165) is 31.4 Å². The second-order valence-electron chi connectivity index (χ2n) is 7.37. The van der Waals surface area contributed by atoms with Crippen molar-refractivity contribution in [3.63, 3.8) is 0 Å². The van der Waals surface area contributed by atoms with Crippen LogP contribution in [0, 0.1) is 5.92 Å². The van der Waals surface area contributed by atoms with Crippen molar-refractivity contribution < 1.29 is 18.7 Å². The third kappa shape index (κ3) is 4.52. The fraction of sp³-hybridized carbons (Fsp3) is 0.476. The van der Waals surface area contributed by atoms with E-state index in [9.17, 15) is 9.59 Å². The van der Waals surface area contributed by atoms with Crippen LogP contribution in [0.5, 0.6) is 5.75 Å². The van der Waals surface area contributed by atoms with E-state index in [4.69, 9.17) is 9.15 Å². The molecule has 1 saturated heterocycles. The summed E-state index contributed by atoms with van der Waals surface area (Å²) in [7, 11) is 1.57. The molecule has 7 nitrogen and oxygen atoms in total. The van der Waals surface area contributed by atoms with Crippen LogP contribution in [-0.2, 0) is 9.59 Å². The lowest BCUT2D eigenvalue weighted by molar-refractivity contribution is -0.138. The fourth-order valence-electron chi connectivity index (χ4n) is 3.58. The number of hydrogen-bond donors (Lipinski definition) is 1. The molecule has 1 aliphatic rings. The van der Waals surface area contributed by atoms with Crippen molar-refractivity contribution in [1.29, 1.82) is 0 Å². The Balaban J connectivity index is 1.68. The number of likely N-dealkylation sites (tertiary alicyclic amines) is 1. The minimum Gasteiger partial charge on any atom is -0.496 e. The van der Waals surface area contributed by atoms with Crippen molar-refractivity contribution in [2.45, 2.75) is 45.6 Å². The first-order valence-electron chi connectivity index (χ1n) is 9.67. The normalized spacial score (nSPS) is 16.9. The standard InChI is InChI=1S/C21H27N3O4/c1-14(2)21(26)24-9-5-4-6-16(24)11-20(25)23-15-7-8-17(18(10-15)27-3)19-12-22-13-28-19/h7-8,10,12-14,16H,4-6,9,11H2,1-3H3,(H,23,25). The maximum atomic E-state index is 12.6. The molecule has 1 aromatic heterocycles. The Kier molecular flexibility index (Phi) is 6.34. The number of carbonyl (C=O) groups is 2. The van der Waals surface area contributed by atoms with Crippen LogP contribution < -0.4 is 10.1 Å². The summed E-state index contributed by atoms with van der Waals surface area (Å²) in [6.07, 6.45) is 6.17. The summed E-state index contributed by atoms with van der Waals surface area (Å²) in [5, 5.41) is 2.92. The van der Waals surface area contributed by atoms with E-state index in [2.05, 4.69) is 10.3 Å². The highest BCUT2D eigenvalue weighted by Gasteiger charge is 2.29. The molecule has 1 atom stereocenters. The Morgan fingerprint density at radius 2 is 2.18 bits per heavy atom. The van der Waals surface area contributed by atoms with Gasteiger partial charge in [-0.1, -0.05) is 13.8 Å². The van der Waals surface area contributed by atoms with Gasteiger partial charge < -0.3 is 19.4 Å². The number of rotatable bonds is 6. The molecular weight excluding hydrogens is 358 g/mol. The number of anilines is 1. The molecule has 1 aliphatic heterocycles. The van der Waals surface area contributed by atoms with Crippen LogP contribution in [0.15, 0.2) is 35.2 Å². The highest BCUT2D eigenvalue weighted by molar-refractivity contribution is 5.92. The lowest BCUT2D eigenvalue weighted by Crippen LogP contribution is -2.46. The summed E-state index contributed by atoms with van der Waals surface area (Å²) in [4.78, 5) is 30.9. The molecule has 2 amide bonds. The first kappa shape index (κ1) is 19.9. The Bertz CT molecular complexity index is 817. The molecule has 150 valence electrons. The Labute approximate surface area is 165 Å². The summed E-state index contributed by atoms with van der Waals surface area (Å²) < 4.78 is 10.7. The number of amides is 2. The average Bonchev–Trinajstić information content (AvgIpc) is 3.22. The molecule has 1 fully saturated rings. The van der Waals surface area contributed by atoms with Crippen molar-refractivity contribution in [3.05, 3.63) is 30.8 Å². The van der Waals surface area contributed by atoms with E-state index in [1.807, 2.05) is 24.8 Å². The van der Waals surface area contributed by atoms with Gasteiger partial charge in [-0.2, -0.15) is 0 Å². The smallest absolute Gasteiger partial charge is 0.226 e. The molecule has 0 bridgehead atoms. The molecule has 0 spiro atoms. The van der Waals surface area contributed by atoms with Crippen LogP contribution in [0.1, 0.15) is 39.5 Å². The van der Waals surface area contributed by atoms with Gasteiger partial charge in [-0.3, -0.25) is 9.59 Å².